The third kappa shape index (κ3) is 3.84. The molecule has 2 aliphatic rings. The summed E-state index contributed by atoms with van der Waals surface area (Å²) in [5, 5.41) is 0. The summed E-state index contributed by atoms with van der Waals surface area (Å²) in [5.74, 6) is 0.649. The highest BCUT2D eigenvalue weighted by Gasteiger charge is 2.28. The fourth-order valence-electron chi connectivity index (χ4n) is 2.65. The monoisotopic (exact) mass is 275 g/mol. The van der Waals surface area contributed by atoms with E-state index in [1.54, 1.807) is 0 Å². The third-order valence-electron chi connectivity index (χ3n) is 3.56. The van der Waals surface area contributed by atoms with E-state index >= 15 is 0 Å². The second kappa shape index (κ2) is 6.73. The fourth-order valence-corrected chi connectivity index (χ4v) is 2.82. The predicted octanol–water partition coefficient (Wildman–Crippen LogP) is 1.80. The molecule has 4 nitrogen and oxygen atoms in total. The molecular weight excluding hydrogens is 254 g/mol. The van der Waals surface area contributed by atoms with E-state index in [-0.39, 0.29) is 24.2 Å². The first-order valence-electron chi connectivity index (χ1n) is 6.80. The molecule has 0 aromatic rings. The smallest absolute Gasteiger partial charge is 0.222 e. The van der Waals surface area contributed by atoms with Crippen molar-refractivity contribution in [1.29, 1.82) is 0 Å². The SMILES string of the molecule is CC1CN(C(=O)CCC2CCCO2)CC(CCl)O1. The van der Waals surface area contributed by atoms with Crippen LogP contribution in [-0.4, -0.2) is 54.7 Å². The van der Waals surface area contributed by atoms with Crippen molar-refractivity contribution in [3.8, 4) is 0 Å². The maximum Gasteiger partial charge on any atom is 0.222 e. The lowest BCUT2D eigenvalue weighted by molar-refractivity contribution is -0.143. The zero-order chi connectivity index (χ0) is 13.0. The molecule has 2 rings (SSSR count). The van der Waals surface area contributed by atoms with E-state index in [0.29, 0.717) is 25.4 Å². The molecule has 0 spiro atoms. The summed E-state index contributed by atoms with van der Waals surface area (Å²) >= 11 is 5.81. The summed E-state index contributed by atoms with van der Waals surface area (Å²) in [5.41, 5.74) is 0. The standard InChI is InChI=1S/C13H22ClNO3/c1-10-8-15(9-12(7-14)18-10)13(16)5-4-11-3-2-6-17-11/h10-12H,2-9H2,1H3. The normalized spacial score (nSPS) is 32.8. The molecule has 104 valence electrons. The summed E-state index contributed by atoms with van der Waals surface area (Å²) < 4.78 is 11.2. The predicted molar refractivity (Wildman–Crippen MR) is 69.8 cm³/mol. The first-order valence-corrected chi connectivity index (χ1v) is 7.33. The molecule has 2 aliphatic heterocycles. The van der Waals surface area contributed by atoms with Crippen LogP contribution in [0, 0.1) is 0 Å². The Bertz CT molecular complexity index is 281. The number of alkyl halides is 1. The van der Waals surface area contributed by atoms with Crippen LogP contribution >= 0.6 is 11.6 Å². The van der Waals surface area contributed by atoms with Crippen molar-refractivity contribution in [3.63, 3.8) is 0 Å². The van der Waals surface area contributed by atoms with Crippen LogP contribution in [-0.2, 0) is 14.3 Å². The first kappa shape index (κ1) is 14.1. The molecule has 18 heavy (non-hydrogen) atoms. The lowest BCUT2D eigenvalue weighted by atomic mass is 10.1. The van der Waals surface area contributed by atoms with Crippen LogP contribution in [0.4, 0.5) is 0 Å². The number of hydrogen-bond donors (Lipinski definition) is 0. The Labute approximate surface area is 114 Å². The number of amides is 1. The summed E-state index contributed by atoms with van der Waals surface area (Å²) in [6, 6.07) is 0. The van der Waals surface area contributed by atoms with E-state index in [9.17, 15) is 4.79 Å². The molecule has 0 bridgehead atoms. The van der Waals surface area contributed by atoms with Crippen LogP contribution in [0.5, 0.6) is 0 Å². The van der Waals surface area contributed by atoms with Gasteiger partial charge < -0.3 is 14.4 Å². The van der Waals surface area contributed by atoms with E-state index in [1.807, 2.05) is 11.8 Å². The number of carbonyl (C=O) groups excluding carboxylic acids is 1. The van der Waals surface area contributed by atoms with Crippen molar-refractivity contribution in [1.82, 2.24) is 4.90 Å². The molecule has 0 radical (unpaired) electrons. The van der Waals surface area contributed by atoms with E-state index in [1.165, 1.54) is 0 Å². The van der Waals surface area contributed by atoms with Crippen LogP contribution in [0.15, 0.2) is 0 Å². The van der Waals surface area contributed by atoms with Crippen LogP contribution in [0.25, 0.3) is 0 Å². The van der Waals surface area contributed by atoms with Crippen molar-refractivity contribution in [2.45, 2.75) is 50.9 Å². The van der Waals surface area contributed by atoms with Gasteiger partial charge in [0.25, 0.3) is 0 Å². The van der Waals surface area contributed by atoms with E-state index in [0.717, 1.165) is 25.9 Å². The fraction of sp³-hybridized carbons (Fsp3) is 0.923. The molecule has 2 heterocycles. The Morgan fingerprint density at radius 3 is 2.89 bits per heavy atom. The maximum absolute atomic E-state index is 12.1. The van der Waals surface area contributed by atoms with Crippen molar-refractivity contribution < 1.29 is 14.3 Å². The van der Waals surface area contributed by atoms with Crippen LogP contribution in [0.2, 0.25) is 0 Å². The molecule has 0 N–H and O–H groups in total. The average Bonchev–Trinajstić information content (AvgIpc) is 2.88. The number of halogens is 1. The molecule has 0 aromatic heterocycles. The van der Waals surface area contributed by atoms with Crippen molar-refractivity contribution in [2.75, 3.05) is 25.6 Å². The number of morpholine rings is 1. The molecule has 5 heteroatoms. The molecule has 3 unspecified atom stereocenters. The van der Waals surface area contributed by atoms with Gasteiger partial charge in [0.15, 0.2) is 0 Å². The van der Waals surface area contributed by atoms with Gasteiger partial charge in [-0.1, -0.05) is 0 Å². The van der Waals surface area contributed by atoms with Gasteiger partial charge in [-0.25, -0.2) is 0 Å². The van der Waals surface area contributed by atoms with E-state index in [2.05, 4.69) is 0 Å². The third-order valence-corrected chi connectivity index (χ3v) is 3.90. The maximum atomic E-state index is 12.1. The van der Waals surface area contributed by atoms with Gasteiger partial charge in [0.1, 0.15) is 0 Å². The zero-order valence-corrected chi connectivity index (χ0v) is 11.7. The summed E-state index contributed by atoms with van der Waals surface area (Å²) in [7, 11) is 0. The second-order valence-corrected chi connectivity index (χ2v) is 5.50. The van der Waals surface area contributed by atoms with Gasteiger partial charge in [-0.15, -0.1) is 11.6 Å². The highest BCUT2D eigenvalue weighted by Crippen LogP contribution is 2.19. The number of carbonyl (C=O) groups is 1. The van der Waals surface area contributed by atoms with Crippen LogP contribution in [0.3, 0.4) is 0 Å². The Morgan fingerprint density at radius 1 is 1.39 bits per heavy atom. The van der Waals surface area contributed by atoms with Crippen LogP contribution in [0.1, 0.15) is 32.6 Å². The minimum absolute atomic E-state index is 0.0258. The largest absolute Gasteiger partial charge is 0.378 e. The van der Waals surface area contributed by atoms with Crippen LogP contribution < -0.4 is 0 Å². The van der Waals surface area contributed by atoms with E-state index in [4.69, 9.17) is 21.1 Å². The van der Waals surface area contributed by atoms with Crippen molar-refractivity contribution in [2.24, 2.45) is 0 Å². The Balaban J connectivity index is 1.76. The molecule has 3 atom stereocenters. The molecular formula is C13H22ClNO3. The minimum Gasteiger partial charge on any atom is -0.378 e. The minimum atomic E-state index is -0.0258. The molecule has 2 fully saturated rings. The average molecular weight is 276 g/mol. The molecule has 2 saturated heterocycles. The molecule has 0 aromatic carbocycles. The van der Waals surface area contributed by atoms with E-state index < -0.39 is 0 Å². The van der Waals surface area contributed by atoms with Crippen molar-refractivity contribution in [3.05, 3.63) is 0 Å². The topological polar surface area (TPSA) is 38.8 Å². The summed E-state index contributed by atoms with van der Waals surface area (Å²) in [6.45, 7) is 4.14. The van der Waals surface area contributed by atoms with Gasteiger partial charge in [0, 0.05) is 26.1 Å². The highest BCUT2D eigenvalue weighted by atomic mass is 35.5. The molecule has 0 aliphatic carbocycles. The van der Waals surface area contributed by atoms with Gasteiger partial charge in [-0.3, -0.25) is 4.79 Å². The Kier molecular flexibility index (Phi) is 5.27. The number of rotatable bonds is 4. The van der Waals surface area contributed by atoms with Crippen molar-refractivity contribution >= 4 is 17.5 Å². The lowest BCUT2D eigenvalue weighted by Gasteiger charge is -2.36. The number of nitrogens with zero attached hydrogens (tertiary/aromatic N) is 1. The quantitative estimate of drug-likeness (QED) is 0.735. The number of hydrogen-bond acceptors (Lipinski definition) is 3. The summed E-state index contributed by atoms with van der Waals surface area (Å²) in [4.78, 5) is 14.0. The van der Waals surface area contributed by atoms with Gasteiger partial charge in [-0.05, 0) is 26.2 Å². The lowest BCUT2D eigenvalue weighted by Crippen LogP contribution is -2.49. The highest BCUT2D eigenvalue weighted by molar-refractivity contribution is 6.18. The Morgan fingerprint density at radius 2 is 2.22 bits per heavy atom. The molecule has 0 saturated carbocycles. The first-order chi connectivity index (χ1) is 8.69. The van der Waals surface area contributed by atoms with Gasteiger partial charge in [-0.2, -0.15) is 0 Å². The molecule has 1 amide bonds. The van der Waals surface area contributed by atoms with Gasteiger partial charge in [0.05, 0.1) is 24.2 Å². The van der Waals surface area contributed by atoms with Gasteiger partial charge >= 0.3 is 0 Å². The second-order valence-electron chi connectivity index (χ2n) is 5.20. The summed E-state index contributed by atoms with van der Waals surface area (Å²) in [6.07, 6.45) is 3.98. The van der Waals surface area contributed by atoms with Gasteiger partial charge in [0.2, 0.25) is 5.91 Å². The number of ether oxygens (including phenoxy) is 2. The Hall–Kier alpha value is -0.320. The zero-order valence-electron chi connectivity index (χ0n) is 10.9.